The molecule has 26 heavy (non-hydrogen) atoms. The molecule has 0 spiro atoms. The first kappa shape index (κ1) is 18.0. The number of carbonyl (C=O) groups is 2. The summed E-state index contributed by atoms with van der Waals surface area (Å²) in [7, 11) is 0. The molecule has 0 saturated heterocycles. The minimum atomic E-state index is -0.394. The molecule has 2 aromatic carbocycles. The normalized spacial score (nSPS) is 11.4. The van der Waals surface area contributed by atoms with Gasteiger partial charge >= 0.3 is 0 Å². The van der Waals surface area contributed by atoms with E-state index >= 15 is 0 Å². The van der Waals surface area contributed by atoms with E-state index in [1.54, 1.807) is 24.3 Å². The van der Waals surface area contributed by atoms with Crippen molar-refractivity contribution >= 4 is 34.9 Å². The molecule has 6 nitrogen and oxygen atoms in total. The highest BCUT2D eigenvalue weighted by molar-refractivity contribution is 7.04. The van der Waals surface area contributed by atoms with Gasteiger partial charge in [0.2, 0.25) is 5.91 Å². The van der Waals surface area contributed by atoms with Crippen LogP contribution < -0.4 is 9.99 Å². The van der Waals surface area contributed by atoms with Crippen LogP contribution in [0.4, 0.5) is 0 Å². The molecule has 0 bridgehead atoms. The minimum Gasteiger partial charge on any atom is -0.346 e. The average Bonchev–Trinajstić information content (AvgIpc) is 3.04. The van der Waals surface area contributed by atoms with Gasteiger partial charge in [0.15, 0.2) is 10.4 Å². The summed E-state index contributed by atoms with van der Waals surface area (Å²) in [5.41, 5.74) is 1.80. The van der Waals surface area contributed by atoms with Gasteiger partial charge in [-0.25, -0.2) is 0 Å². The zero-order valence-corrected chi connectivity index (χ0v) is 15.4. The molecule has 132 valence electrons. The van der Waals surface area contributed by atoms with Crippen LogP contribution in [0.5, 0.6) is 0 Å². The van der Waals surface area contributed by atoms with Crippen LogP contribution in [0.2, 0.25) is 5.02 Å². The number of carbonyl (C=O) groups excluding carboxylic acids is 2. The minimum absolute atomic E-state index is 0.107. The molecule has 2 amide bonds. The van der Waals surface area contributed by atoms with Crippen molar-refractivity contribution in [3.05, 3.63) is 75.5 Å². The van der Waals surface area contributed by atoms with Crippen LogP contribution in [-0.4, -0.2) is 21.0 Å². The molecule has 1 heterocycles. The Hall–Kier alpha value is -2.77. The third-order valence-corrected chi connectivity index (χ3v) is 4.56. The Kier molecular flexibility index (Phi) is 5.60. The van der Waals surface area contributed by atoms with Crippen LogP contribution in [0.1, 0.15) is 23.0 Å². The van der Waals surface area contributed by atoms with E-state index in [1.165, 1.54) is 11.0 Å². The maximum atomic E-state index is 12.5. The third kappa shape index (κ3) is 4.44. The van der Waals surface area contributed by atoms with Gasteiger partial charge in [0, 0.05) is 18.5 Å². The van der Waals surface area contributed by atoms with Crippen LogP contribution >= 0.6 is 23.1 Å². The number of hydrogen-bond donors (Lipinski definition) is 1. The Morgan fingerprint density at radius 3 is 2.50 bits per heavy atom. The molecule has 0 aliphatic carbocycles. The van der Waals surface area contributed by atoms with Crippen molar-refractivity contribution in [2.45, 2.75) is 13.5 Å². The summed E-state index contributed by atoms with van der Waals surface area (Å²) in [6.45, 7) is 1.69. The second kappa shape index (κ2) is 8.07. The molecule has 1 N–H and O–H groups in total. The molecular weight excluding hydrogens is 372 g/mol. The van der Waals surface area contributed by atoms with Gasteiger partial charge in [-0.15, -0.1) is 5.10 Å². The Bertz CT molecular complexity index is 994. The number of nitrogens with zero attached hydrogens (tertiary/aromatic N) is 3. The van der Waals surface area contributed by atoms with Crippen LogP contribution in [-0.2, 0) is 11.3 Å². The lowest BCUT2D eigenvalue weighted by atomic mass is 10.2. The fourth-order valence-corrected chi connectivity index (χ4v) is 3.21. The Morgan fingerprint density at radius 2 is 1.85 bits per heavy atom. The van der Waals surface area contributed by atoms with E-state index in [4.69, 9.17) is 11.6 Å². The second-order valence-electron chi connectivity index (χ2n) is 5.39. The summed E-state index contributed by atoms with van der Waals surface area (Å²) < 4.78 is 1.80. The molecule has 3 rings (SSSR count). The number of nitrogens with one attached hydrogen (secondary N) is 1. The first-order chi connectivity index (χ1) is 12.5. The van der Waals surface area contributed by atoms with Gasteiger partial charge in [0.05, 0.1) is 5.69 Å². The number of aromatic nitrogens is 2. The van der Waals surface area contributed by atoms with Crippen molar-refractivity contribution in [1.82, 2.24) is 14.5 Å². The number of halogens is 1. The molecule has 0 unspecified atom stereocenters. The fourth-order valence-electron chi connectivity index (χ4n) is 2.18. The number of hydrogen-bond acceptors (Lipinski definition) is 4. The number of benzene rings is 2. The van der Waals surface area contributed by atoms with E-state index in [-0.39, 0.29) is 10.4 Å². The highest BCUT2D eigenvalue weighted by Gasteiger charge is 2.16. The molecule has 0 saturated carbocycles. The Morgan fingerprint density at radius 1 is 1.15 bits per heavy atom. The van der Waals surface area contributed by atoms with Gasteiger partial charge in [-0.05, 0) is 41.4 Å². The molecule has 3 aromatic rings. The van der Waals surface area contributed by atoms with Gasteiger partial charge < -0.3 is 5.32 Å². The van der Waals surface area contributed by atoms with E-state index < -0.39 is 11.8 Å². The van der Waals surface area contributed by atoms with Crippen LogP contribution in [0.15, 0.2) is 59.6 Å². The Labute approximate surface area is 158 Å². The predicted molar refractivity (Wildman–Crippen MR) is 100 cm³/mol. The lowest BCUT2D eigenvalue weighted by molar-refractivity contribution is -0.116. The molecular formula is C18H15ClN4O2S. The summed E-state index contributed by atoms with van der Waals surface area (Å²) in [5, 5.41) is 7.71. The first-order valence-corrected chi connectivity index (χ1v) is 8.92. The van der Waals surface area contributed by atoms with Crippen molar-refractivity contribution in [3.63, 3.8) is 0 Å². The van der Waals surface area contributed by atoms with Gasteiger partial charge in [0.1, 0.15) is 0 Å². The zero-order valence-electron chi connectivity index (χ0n) is 13.8. The van der Waals surface area contributed by atoms with Crippen molar-refractivity contribution in [3.8, 4) is 5.69 Å². The van der Waals surface area contributed by atoms with Crippen molar-refractivity contribution in [1.29, 1.82) is 0 Å². The SMILES string of the molecule is CC(=O)N=c1sn(-c2ccc(Cl)cc2)nc1C(=O)NCc1ccccc1. The molecule has 0 radical (unpaired) electrons. The highest BCUT2D eigenvalue weighted by atomic mass is 35.5. The summed E-state index contributed by atoms with van der Waals surface area (Å²) >= 11 is 7.01. The molecule has 1 aromatic heterocycles. The fraction of sp³-hybridized carbons (Fsp3) is 0.111. The largest absolute Gasteiger partial charge is 0.346 e. The van der Waals surface area contributed by atoms with Crippen molar-refractivity contribution in [2.75, 3.05) is 0 Å². The van der Waals surface area contributed by atoms with Crippen LogP contribution in [0, 0.1) is 0 Å². The van der Waals surface area contributed by atoms with E-state index in [2.05, 4.69) is 15.4 Å². The first-order valence-electron chi connectivity index (χ1n) is 7.77. The topological polar surface area (TPSA) is 76.3 Å². The summed E-state index contributed by atoms with van der Waals surface area (Å²) in [5.74, 6) is -0.785. The highest BCUT2D eigenvalue weighted by Crippen LogP contribution is 2.14. The predicted octanol–water partition coefficient (Wildman–Crippen LogP) is 2.96. The van der Waals surface area contributed by atoms with Crippen LogP contribution in [0.25, 0.3) is 5.69 Å². The van der Waals surface area contributed by atoms with Crippen LogP contribution in [0.3, 0.4) is 0 Å². The van der Waals surface area contributed by atoms with E-state index in [1.807, 2.05) is 30.3 Å². The lowest BCUT2D eigenvalue weighted by Crippen LogP contribution is -2.27. The number of amides is 2. The van der Waals surface area contributed by atoms with Gasteiger partial charge in [0.25, 0.3) is 5.91 Å². The standard InChI is InChI=1S/C18H15ClN4O2S/c1-12(24)21-18-16(17(25)20-11-13-5-3-2-4-6-13)22-23(26-18)15-9-7-14(19)8-10-15/h2-10H,11H2,1H3,(H,20,25). The second-order valence-corrected chi connectivity index (χ2v) is 6.75. The maximum absolute atomic E-state index is 12.5. The molecule has 8 heteroatoms. The third-order valence-electron chi connectivity index (χ3n) is 3.38. The lowest BCUT2D eigenvalue weighted by Gasteiger charge is -2.03. The van der Waals surface area contributed by atoms with Crippen molar-refractivity contribution < 1.29 is 9.59 Å². The van der Waals surface area contributed by atoms with Gasteiger partial charge in [-0.1, -0.05) is 41.9 Å². The molecule has 0 aliphatic heterocycles. The molecule has 0 fully saturated rings. The average molecular weight is 387 g/mol. The monoisotopic (exact) mass is 386 g/mol. The van der Waals surface area contributed by atoms with E-state index in [9.17, 15) is 9.59 Å². The summed E-state index contributed by atoms with van der Waals surface area (Å²) in [6.07, 6.45) is 0. The molecule has 0 atom stereocenters. The maximum Gasteiger partial charge on any atom is 0.275 e. The number of rotatable bonds is 4. The molecule has 0 aliphatic rings. The van der Waals surface area contributed by atoms with Crippen molar-refractivity contribution in [2.24, 2.45) is 4.99 Å². The summed E-state index contributed by atoms with van der Waals surface area (Å²) in [6, 6.07) is 16.5. The zero-order chi connectivity index (χ0) is 18.5. The van der Waals surface area contributed by atoms with E-state index in [0.29, 0.717) is 11.6 Å². The van der Waals surface area contributed by atoms with Gasteiger partial charge in [-0.2, -0.15) is 9.06 Å². The quantitative estimate of drug-likeness (QED) is 0.748. The summed E-state index contributed by atoms with van der Waals surface area (Å²) in [4.78, 5) is 27.9. The van der Waals surface area contributed by atoms with E-state index in [0.717, 1.165) is 22.8 Å². The Balaban J connectivity index is 1.90. The van der Waals surface area contributed by atoms with Gasteiger partial charge in [-0.3, -0.25) is 9.59 Å². The smallest absolute Gasteiger partial charge is 0.275 e.